The van der Waals surface area contributed by atoms with Crippen LogP contribution >= 0.6 is 23.2 Å². The second-order valence-corrected chi connectivity index (χ2v) is 12.2. The van der Waals surface area contributed by atoms with Crippen molar-refractivity contribution in [1.29, 1.82) is 0 Å². The molecule has 0 spiro atoms. The number of hydrogen-bond donors (Lipinski definition) is 1. The summed E-state index contributed by atoms with van der Waals surface area (Å²) in [7, 11) is 0. The highest BCUT2D eigenvalue weighted by atomic mass is 35.5. The largest absolute Gasteiger partial charge is 0.326 e. The molecule has 3 aliphatic carbocycles. The number of carbonyl (C=O) groups is 3. The normalized spacial score (nSPS) is 26.3. The number of imide groups is 1. The third-order valence-corrected chi connectivity index (χ3v) is 9.90. The molecule has 1 saturated heterocycles. The molecule has 39 heavy (non-hydrogen) atoms. The van der Waals surface area contributed by atoms with Crippen LogP contribution < -0.4 is 5.32 Å². The lowest BCUT2D eigenvalue weighted by molar-refractivity contribution is -0.140. The van der Waals surface area contributed by atoms with Crippen LogP contribution in [0.15, 0.2) is 66.7 Å². The first kappa shape index (κ1) is 26.1. The van der Waals surface area contributed by atoms with Crippen molar-refractivity contribution in [2.24, 2.45) is 11.8 Å². The second kappa shape index (κ2) is 9.50. The smallest absolute Gasteiger partial charge is 0.235 e. The Kier molecular flexibility index (Phi) is 6.35. The van der Waals surface area contributed by atoms with Gasteiger partial charge in [0.05, 0.1) is 11.8 Å². The van der Waals surface area contributed by atoms with E-state index in [9.17, 15) is 14.4 Å². The molecule has 5 nitrogen and oxygen atoms in total. The lowest BCUT2D eigenvalue weighted by atomic mass is 9.54. The van der Waals surface area contributed by atoms with Crippen molar-refractivity contribution in [3.63, 3.8) is 0 Å². The molecule has 0 radical (unpaired) electrons. The molecule has 1 heterocycles. The Labute approximate surface area is 238 Å². The quantitative estimate of drug-likeness (QED) is 0.206. The van der Waals surface area contributed by atoms with Gasteiger partial charge in [0.25, 0.3) is 0 Å². The fourth-order valence-corrected chi connectivity index (χ4v) is 7.94. The van der Waals surface area contributed by atoms with Crippen LogP contribution in [-0.4, -0.2) is 29.2 Å². The summed E-state index contributed by atoms with van der Waals surface area (Å²) >= 11 is 14.9. The van der Waals surface area contributed by atoms with E-state index in [1.807, 2.05) is 80.6 Å². The number of nitrogens with zero attached hydrogens (tertiary/aromatic N) is 1. The second-order valence-electron chi connectivity index (χ2n) is 11.0. The molecule has 0 unspecified atom stereocenters. The monoisotopic (exact) mass is 560 g/mol. The van der Waals surface area contributed by atoms with Gasteiger partial charge >= 0.3 is 0 Å². The van der Waals surface area contributed by atoms with Gasteiger partial charge in [-0.05, 0) is 60.6 Å². The average Bonchev–Trinajstić information content (AvgIpc) is 3.19. The third kappa shape index (κ3) is 3.77. The van der Waals surface area contributed by atoms with Crippen molar-refractivity contribution in [2.45, 2.75) is 49.3 Å². The summed E-state index contributed by atoms with van der Waals surface area (Å²) in [5.74, 6) is -2.10. The maximum Gasteiger partial charge on any atom is 0.235 e. The number of halogens is 2. The zero-order chi connectivity index (χ0) is 27.5. The standard InChI is InChI=1S/C32H30Cl2N2O3/c1-19-15-16-25(20(2)18-19)35-26(37)14-4-3-9-17-36-29(38)27-28(30(36)39)32(34)22-11-6-5-10-21(22)31(27,33)23-12-7-8-13-24(23)32/h5-8,10-13,15-16,18,27-28H,3-4,9,14,17H2,1-2H3,(H,35,37)/t27-,28-,31?,32?/m0/s1. The zero-order valence-corrected chi connectivity index (χ0v) is 23.5. The van der Waals surface area contributed by atoms with Gasteiger partial charge in [0, 0.05) is 18.7 Å². The fourth-order valence-electron chi connectivity index (χ4n) is 6.84. The van der Waals surface area contributed by atoms with E-state index in [4.69, 9.17) is 23.2 Å². The highest BCUT2D eigenvalue weighted by Crippen LogP contribution is 2.69. The lowest BCUT2D eigenvalue weighted by Gasteiger charge is -2.54. The molecular weight excluding hydrogens is 531 g/mol. The molecule has 1 N–H and O–H groups in total. The van der Waals surface area contributed by atoms with Crippen LogP contribution in [0.25, 0.3) is 0 Å². The molecule has 2 atom stereocenters. The molecule has 1 fully saturated rings. The molecular formula is C32H30Cl2N2O3. The Balaban J connectivity index is 1.15. The number of unbranched alkanes of at least 4 members (excludes halogenated alkanes) is 2. The zero-order valence-electron chi connectivity index (χ0n) is 22.0. The summed E-state index contributed by atoms with van der Waals surface area (Å²) in [5, 5.41) is 2.97. The summed E-state index contributed by atoms with van der Waals surface area (Å²) in [6, 6.07) is 21.2. The number of benzene rings is 3. The van der Waals surface area contributed by atoms with Crippen molar-refractivity contribution in [3.8, 4) is 0 Å². The summed E-state index contributed by atoms with van der Waals surface area (Å²) in [5.41, 5.74) is 6.22. The maximum atomic E-state index is 13.8. The molecule has 3 aromatic rings. The molecule has 2 bridgehead atoms. The SMILES string of the molecule is Cc1ccc(NC(=O)CCCCCN2C(=O)[C@@H]3[C@@H](C2=O)C2(Cl)c4ccccc4C3(Cl)c3ccccc32)c(C)c1. The molecule has 3 aromatic carbocycles. The number of amides is 3. The lowest BCUT2D eigenvalue weighted by Crippen LogP contribution is -2.57. The predicted molar refractivity (Wildman–Crippen MR) is 153 cm³/mol. The van der Waals surface area contributed by atoms with Gasteiger partial charge in [-0.25, -0.2) is 0 Å². The van der Waals surface area contributed by atoms with E-state index in [1.165, 1.54) is 4.90 Å². The Morgan fingerprint density at radius 1 is 0.795 bits per heavy atom. The number of alkyl halides is 2. The minimum absolute atomic E-state index is 0.0402. The van der Waals surface area contributed by atoms with Crippen LogP contribution in [0.2, 0.25) is 0 Å². The van der Waals surface area contributed by atoms with Gasteiger partial charge in [0.15, 0.2) is 0 Å². The van der Waals surface area contributed by atoms with Crippen LogP contribution in [0.5, 0.6) is 0 Å². The molecule has 7 heteroatoms. The van der Waals surface area contributed by atoms with E-state index in [0.29, 0.717) is 25.7 Å². The van der Waals surface area contributed by atoms with Gasteiger partial charge in [-0.3, -0.25) is 19.3 Å². The van der Waals surface area contributed by atoms with E-state index in [2.05, 4.69) is 5.32 Å². The first-order valence-electron chi connectivity index (χ1n) is 13.5. The maximum absolute atomic E-state index is 13.8. The number of hydrogen-bond acceptors (Lipinski definition) is 3. The highest BCUT2D eigenvalue weighted by Gasteiger charge is 2.72. The number of anilines is 1. The number of rotatable bonds is 7. The summed E-state index contributed by atoms with van der Waals surface area (Å²) in [4.78, 5) is 39.2. The van der Waals surface area contributed by atoms with E-state index < -0.39 is 21.6 Å². The van der Waals surface area contributed by atoms with E-state index in [-0.39, 0.29) is 24.3 Å². The molecule has 200 valence electrons. The number of aryl methyl sites for hydroxylation is 2. The number of likely N-dealkylation sites (tertiary alicyclic amines) is 1. The topological polar surface area (TPSA) is 66.5 Å². The van der Waals surface area contributed by atoms with E-state index in [1.54, 1.807) is 0 Å². The number of carbonyl (C=O) groups excluding carboxylic acids is 3. The van der Waals surface area contributed by atoms with Crippen LogP contribution in [0.1, 0.15) is 59.1 Å². The van der Waals surface area contributed by atoms with Crippen molar-refractivity contribution in [2.75, 3.05) is 11.9 Å². The van der Waals surface area contributed by atoms with Gasteiger partial charge in [-0.1, -0.05) is 72.6 Å². The highest BCUT2D eigenvalue weighted by molar-refractivity contribution is 6.36. The molecule has 7 rings (SSSR count). The minimum atomic E-state index is -1.15. The van der Waals surface area contributed by atoms with Gasteiger partial charge in [0.1, 0.15) is 9.75 Å². The molecule has 0 aromatic heterocycles. The van der Waals surface area contributed by atoms with Gasteiger partial charge in [-0.15, -0.1) is 23.2 Å². The molecule has 3 amide bonds. The Bertz CT molecular complexity index is 1400. The summed E-state index contributed by atoms with van der Waals surface area (Å²) in [6.07, 6.45) is 2.36. The van der Waals surface area contributed by atoms with Crippen LogP contribution in [-0.2, 0) is 24.1 Å². The van der Waals surface area contributed by atoms with Crippen LogP contribution in [0.4, 0.5) is 5.69 Å². The van der Waals surface area contributed by atoms with Gasteiger partial charge in [0.2, 0.25) is 17.7 Å². The van der Waals surface area contributed by atoms with Crippen LogP contribution in [0, 0.1) is 25.7 Å². The Morgan fingerprint density at radius 3 is 1.79 bits per heavy atom. The third-order valence-electron chi connectivity index (χ3n) is 8.62. The summed E-state index contributed by atoms with van der Waals surface area (Å²) in [6.45, 7) is 4.28. The van der Waals surface area contributed by atoms with Crippen molar-refractivity contribution in [3.05, 3.63) is 100 Å². The molecule has 4 aliphatic rings. The molecule has 0 saturated carbocycles. The van der Waals surface area contributed by atoms with Gasteiger partial charge in [-0.2, -0.15) is 0 Å². The van der Waals surface area contributed by atoms with Crippen LogP contribution in [0.3, 0.4) is 0 Å². The Morgan fingerprint density at radius 2 is 1.31 bits per heavy atom. The van der Waals surface area contributed by atoms with Crippen molar-refractivity contribution < 1.29 is 14.4 Å². The average molecular weight is 562 g/mol. The molecule has 1 aliphatic heterocycles. The van der Waals surface area contributed by atoms with Crippen molar-refractivity contribution in [1.82, 2.24) is 4.90 Å². The predicted octanol–water partition coefficient (Wildman–Crippen LogP) is 6.40. The van der Waals surface area contributed by atoms with E-state index >= 15 is 0 Å². The first-order chi connectivity index (χ1) is 18.7. The Hall–Kier alpha value is -3.15. The number of nitrogens with one attached hydrogen (secondary N) is 1. The fraction of sp³-hybridized carbons (Fsp3) is 0.344. The van der Waals surface area contributed by atoms with E-state index in [0.717, 1.165) is 39.1 Å². The van der Waals surface area contributed by atoms with Crippen molar-refractivity contribution >= 4 is 46.6 Å². The van der Waals surface area contributed by atoms with Gasteiger partial charge < -0.3 is 5.32 Å². The summed E-state index contributed by atoms with van der Waals surface area (Å²) < 4.78 is 0. The first-order valence-corrected chi connectivity index (χ1v) is 14.2. The minimum Gasteiger partial charge on any atom is -0.326 e.